The van der Waals surface area contributed by atoms with Crippen molar-refractivity contribution in [3.05, 3.63) is 35.6 Å². The van der Waals surface area contributed by atoms with Crippen LogP contribution >= 0.6 is 0 Å². The molecule has 2 rings (SSSR count). The third-order valence-electron chi connectivity index (χ3n) is 3.11. The van der Waals surface area contributed by atoms with Crippen LogP contribution in [0.2, 0.25) is 0 Å². The van der Waals surface area contributed by atoms with Gasteiger partial charge in [-0.15, -0.1) is 0 Å². The second-order valence-electron chi connectivity index (χ2n) is 4.74. The highest BCUT2D eigenvalue weighted by atomic mass is 19.1. The van der Waals surface area contributed by atoms with Gasteiger partial charge in [0, 0.05) is 11.5 Å². The fourth-order valence-corrected chi connectivity index (χ4v) is 1.96. The van der Waals surface area contributed by atoms with E-state index in [0.29, 0.717) is 5.56 Å². The number of rotatable bonds is 3. The summed E-state index contributed by atoms with van der Waals surface area (Å²) < 4.78 is 13.6. The first-order valence-corrected chi connectivity index (χ1v) is 5.33. The van der Waals surface area contributed by atoms with Gasteiger partial charge in [-0.2, -0.15) is 0 Å². The van der Waals surface area contributed by atoms with E-state index in [9.17, 15) is 9.18 Å². The normalized spacial score (nSPS) is 16.5. The summed E-state index contributed by atoms with van der Waals surface area (Å²) in [7, 11) is 0. The van der Waals surface area contributed by atoms with E-state index in [1.807, 2.05) is 13.8 Å². The van der Waals surface area contributed by atoms with Crippen LogP contribution in [0.4, 0.5) is 4.39 Å². The molecule has 1 aromatic rings. The Morgan fingerprint density at radius 2 is 1.93 bits per heavy atom. The standard InChI is InChI=1S/C13H15FO/c1-13(2,12(15)9-7-8-9)10-5-3-4-6-11(10)14/h3-6,9H,7-8H2,1-2H3. The molecule has 1 aromatic carbocycles. The Balaban J connectivity index is 2.35. The minimum atomic E-state index is -0.688. The monoisotopic (exact) mass is 206 g/mol. The fourth-order valence-electron chi connectivity index (χ4n) is 1.96. The third-order valence-corrected chi connectivity index (χ3v) is 3.11. The Morgan fingerprint density at radius 1 is 1.33 bits per heavy atom. The molecule has 0 heterocycles. The van der Waals surface area contributed by atoms with Gasteiger partial charge in [-0.1, -0.05) is 18.2 Å². The highest BCUT2D eigenvalue weighted by molar-refractivity contribution is 5.92. The van der Waals surface area contributed by atoms with E-state index in [1.54, 1.807) is 18.2 Å². The molecule has 15 heavy (non-hydrogen) atoms. The van der Waals surface area contributed by atoms with Crippen molar-refractivity contribution in [2.45, 2.75) is 32.1 Å². The molecule has 0 radical (unpaired) electrons. The minimum Gasteiger partial charge on any atom is -0.298 e. The number of Topliss-reactive ketones (excluding diaryl/α,β-unsaturated/α-hetero) is 1. The van der Waals surface area contributed by atoms with Gasteiger partial charge in [0.25, 0.3) is 0 Å². The summed E-state index contributed by atoms with van der Waals surface area (Å²) in [4.78, 5) is 12.0. The molecule has 0 amide bonds. The molecule has 1 saturated carbocycles. The maximum atomic E-state index is 13.6. The average Bonchev–Trinajstić information content (AvgIpc) is 3.00. The zero-order valence-corrected chi connectivity index (χ0v) is 9.09. The Morgan fingerprint density at radius 3 is 2.47 bits per heavy atom. The number of hydrogen-bond donors (Lipinski definition) is 0. The summed E-state index contributed by atoms with van der Waals surface area (Å²) in [6, 6.07) is 6.55. The van der Waals surface area contributed by atoms with Crippen LogP contribution in [0.5, 0.6) is 0 Å². The van der Waals surface area contributed by atoms with Crippen molar-refractivity contribution >= 4 is 5.78 Å². The second kappa shape index (κ2) is 3.44. The van der Waals surface area contributed by atoms with Crippen molar-refractivity contribution < 1.29 is 9.18 Å². The lowest BCUT2D eigenvalue weighted by atomic mass is 9.78. The third kappa shape index (κ3) is 1.81. The number of benzene rings is 1. The van der Waals surface area contributed by atoms with Gasteiger partial charge in [0.15, 0.2) is 0 Å². The van der Waals surface area contributed by atoms with Crippen LogP contribution in [0, 0.1) is 11.7 Å². The summed E-state index contributed by atoms with van der Waals surface area (Å²) >= 11 is 0. The van der Waals surface area contributed by atoms with E-state index in [0.717, 1.165) is 12.8 Å². The van der Waals surface area contributed by atoms with E-state index >= 15 is 0 Å². The second-order valence-corrected chi connectivity index (χ2v) is 4.74. The number of carbonyl (C=O) groups excluding carboxylic acids is 1. The molecule has 2 heteroatoms. The first-order chi connectivity index (χ1) is 7.03. The molecule has 80 valence electrons. The predicted molar refractivity (Wildman–Crippen MR) is 57.2 cm³/mol. The van der Waals surface area contributed by atoms with Crippen molar-refractivity contribution in [1.29, 1.82) is 0 Å². The highest BCUT2D eigenvalue weighted by Crippen LogP contribution is 2.39. The van der Waals surface area contributed by atoms with E-state index in [-0.39, 0.29) is 17.5 Å². The average molecular weight is 206 g/mol. The van der Waals surface area contributed by atoms with Crippen molar-refractivity contribution in [3.63, 3.8) is 0 Å². The molecule has 0 aromatic heterocycles. The SMILES string of the molecule is CC(C)(C(=O)C1CC1)c1ccccc1F. The minimum absolute atomic E-state index is 0.166. The van der Waals surface area contributed by atoms with Crippen molar-refractivity contribution in [3.8, 4) is 0 Å². The quantitative estimate of drug-likeness (QED) is 0.742. The Labute approximate surface area is 89.3 Å². The molecule has 1 aliphatic rings. The maximum absolute atomic E-state index is 13.6. The van der Waals surface area contributed by atoms with Crippen LogP contribution in [0.1, 0.15) is 32.3 Å². The molecule has 0 N–H and O–H groups in total. The molecule has 0 saturated heterocycles. The molecule has 0 atom stereocenters. The van der Waals surface area contributed by atoms with Gasteiger partial charge in [0.2, 0.25) is 0 Å². The molecule has 1 aliphatic carbocycles. The van der Waals surface area contributed by atoms with Gasteiger partial charge >= 0.3 is 0 Å². The predicted octanol–water partition coefficient (Wildman–Crippen LogP) is 3.08. The lowest BCUT2D eigenvalue weighted by molar-refractivity contribution is -0.124. The lowest BCUT2D eigenvalue weighted by Crippen LogP contribution is -2.31. The largest absolute Gasteiger partial charge is 0.298 e. The first-order valence-electron chi connectivity index (χ1n) is 5.33. The smallest absolute Gasteiger partial charge is 0.146 e. The maximum Gasteiger partial charge on any atom is 0.146 e. The first kappa shape index (κ1) is 10.3. The molecule has 1 fully saturated rings. The van der Waals surface area contributed by atoms with Gasteiger partial charge in [0.1, 0.15) is 11.6 Å². The van der Waals surface area contributed by atoms with Crippen LogP contribution in [-0.4, -0.2) is 5.78 Å². The van der Waals surface area contributed by atoms with Crippen molar-refractivity contribution in [2.75, 3.05) is 0 Å². The molecule has 1 nitrogen and oxygen atoms in total. The highest BCUT2D eigenvalue weighted by Gasteiger charge is 2.41. The number of halogens is 1. The summed E-state index contributed by atoms with van der Waals surface area (Å²) in [6.45, 7) is 3.62. The van der Waals surface area contributed by atoms with E-state index in [2.05, 4.69) is 0 Å². The van der Waals surface area contributed by atoms with Gasteiger partial charge in [0.05, 0.1) is 5.41 Å². The molecule has 0 spiro atoms. The van der Waals surface area contributed by atoms with Crippen LogP contribution < -0.4 is 0 Å². The topological polar surface area (TPSA) is 17.1 Å². The number of hydrogen-bond acceptors (Lipinski definition) is 1. The van der Waals surface area contributed by atoms with Gasteiger partial charge < -0.3 is 0 Å². The van der Waals surface area contributed by atoms with Gasteiger partial charge in [-0.25, -0.2) is 4.39 Å². The van der Waals surface area contributed by atoms with E-state index in [1.165, 1.54) is 6.07 Å². The van der Waals surface area contributed by atoms with Gasteiger partial charge in [-0.05, 0) is 32.8 Å². The zero-order chi connectivity index (χ0) is 11.1. The van der Waals surface area contributed by atoms with Crippen LogP contribution in [0.25, 0.3) is 0 Å². The summed E-state index contributed by atoms with van der Waals surface area (Å²) in [5.41, 5.74) is -0.172. The summed E-state index contributed by atoms with van der Waals surface area (Å²) in [5.74, 6) is 0.0590. The lowest BCUT2D eigenvalue weighted by Gasteiger charge is -2.24. The Kier molecular flexibility index (Phi) is 2.37. The van der Waals surface area contributed by atoms with Crippen molar-refractivity contribution in [1.82, 2.24) is 0 Å². The molecule has 0 aliphatic heterocycles. The van der Waals surface area contributed by atoms with Crippen LogP contribution in [0.3, 0.4) is 0 Å². The fraction of sp³-hybridized carbons (Fsp3) is 0.462. The molecular weight excluding hydrogens is 191 g/mol. The van der Waals surface area contributed by atoms with Crippen molar-refractivity contribution in [2.24, 2.45) is 5.92 Å². The number of carbonyl (C=O) groups is 1. The van der Waals surface area contributed by atoms with Crippen LogP contribution in [-0.2, 0) is 10.2 Å². The Bertz CT molecular complexity index is 391. The Hall–Kier alpha value is -1.18. The number of ketones is 1. The van der Waals surface area contributed by atoms with E-state index < -0.39 is 5.41 Å². The molecule has 0 unspecified atom stereocenters. The molecule has 0 bridgehead atoms. The van der Waals surface area contributed by atoms with Crippen LogP contribution in [0.15, 0.2) is 24.3 Å². The zero-order valence-electron chi connectivity index (χ0n) is 9.09. The summed E-state index contributed by atoms with van der Waals surface area (Å²) in [6.07, 6.45) is 1.94. The van der Waals surface area contributed by atoms with E-state index in [4.69, 9.17) is 0 Å². The molecular formula is C13H15FO. The van der Waals surface area contributed by atoms with Gasteiger partial charge in [-0.3, -0.25) is 4.79 Å². The summed E-state index contributed by atoms with van der Waals surface area (Å²) in [5, 5.41) is 0.